The van der Waals surface area contributed by atoms with E-state index in [9.17, 15) is 14.4 Å². The fraction of sp³-hybridized carbons (Fsp3) is 0.780. The van der Waals surface area contributed by atoms with E-state index in [1.807, 2.05) is 0 Å². The van der Waals surface area contributed by atoms with Gasteiger partial charge in [-0.2, -0.15) is 0 Å². The van der Waals surface area contributed by atoms with Crippen LogP contribution in [0.1, 0.15) is 278 Å². The van der Waals surface area contributed by atoms with Gasteiger partial charge in [-0.15, -0.1) is 0 Å². The van der Waals surface area contributed by atoms with Crippen LogP contribution in [0.5, 0.6) is 0 Å². The number of ether oxygens (including phenoxy) is 3. The smallest absolute Gasteiger partial charge is 0.306 e. The van der Waals surface area contributed by atoms with Crippen molar-refractivity contribution in [2.75, 3.05) is 13.2 Å². The minimum atomic E-state index is -0.789. The third-order valence-electron chi connectivity index (χ3n) is 12.0. The summed E-state index contributed by atoms with van der Waals surface area (Å²) in [4.78, 5) is 38.1. The number of hydrogen-bond acceptors (Lipinski definition) is 6. The van der Waals surface area contributed by atoms with E-state index >= 15 is 0 Å². The van der Waals surface area contributed by atoms with Crippen LogP contribution in [-0.2, 0) is 28.6 Å². The maximum atomic E-state index is 12.8. The van der Waals surface area contributed by atoms with Crippen molar-refractivity contribution in [3.63, 3.8) is 0 Å². The number of allylic oxidation sites excluding steroid dienone is 10. The summed E-state index contributed by atoms with van der Waals surface area (Å²) >= 11 is 0. The molecule has 0 rings (SSSR count). The summed E-state index contributed by atoms with van der Waals surface area (Å²) in [5.74, 6) is -0.916. The Balaban J connectivity index is 4.38. The molecule has 0 aliphatic heterocycles. The molecule has 0 amide bonds. The molecular formula is C59H104O6. The molecule has 0 spiro atoms. The first-order valence-electron chi connectivity index (χ1n) is 27.8. The molecule has 1 unspecified atom stereocenters. The van der Waals surface area contributed by atoms with Gasteiger partial charge in [0.1, 0.15) is 13.2 Å². The van der Waals surface area contributed by atoms with Gasteiger partial charge in [0.2, 0.25) is 0 Å². The van der Waals surface area contributed by atoms with E-state index in [0.717, 1.165) is 103 Å². The fourth-order valence-corrected chi connectivity index (χ4v) is 7.80. The van der Waals surface area contributed by atoms with E-state index in [0.29, 0.717) is 19.3 Å². The zero-order chi connectivity index (χ0) is 47.2. The van der Waals surface area contributed by atoms with Crippen LogP contribution in [0.3, 0.4) is 0 Å². The van der Waals surface area contributed by atoms with E-state index in [-0.39, 0.29) is 31.1 Å². The molecule has 0 radical (unpaired) electrons. The Morgan fingerprint density at radius 2 is 0.600 bits per heavy atom. The molecule has 1 atom stereocenters. The van der Waals surface area contributed by atoms with Gasteiger partial charge in [-0.05, 0) is 103 Å². The molecule has 0 heterocycles. The van der Waals surface area contributed by atoms with Gasteiger partial charge in [-0.3, -0.25) is 14.4 Å². The second-order valence-corrected chi connectivity index (χ2v) is 18.5. The van der Waals surface area contributed by atoms with Crippen molar-refractivity contribution >= 4 is 17.9 Å². The lowest BCUT2D eigenvalue weighted by molar-refractivity contribution is -0.167. The summed E-state index contributed by atoms with van der Waals surface area (Å²) < 4.78 is 16.8. The summed E-state index contributed by atoms with van der Waals surface area (Å²) in [5, 5.41) is 0. The predicted octanol–water partition coefficient (Wildman–Crippen LogP) is 18.4. The van der Waals surface area contributed by atoms with Crippen LogP contribution in [-0.4, -0.2) is 37.2 Å². The molecule has 0 aromatic heterocycles. The first-order chi connectivity index (χ1) is 32.0. The van der Waals surface area contributed by atoms with Gasteiger partial charge in [0.25, 0.3) is 0 Å². The van der Waals surface area contributed by atoms with Crippen LogP contribution in [0.4, 0.5) is 0 Å². The largest absolute Gasteiger partial charge is 0.462 e. The summed E-state index contributed by atoms with van der Waals surface area (Å²) in [6.45, 7) is 6.51. The van der Waals surface area contributed by atoms with Crippen LogP contribution in [0, 0.1) is 0 Å². The van der Waals surface area contributed by atoms with Crippen molar-refractivity contribution in [3.8, 4) is 0 Å². The Bertz CT molecular complexity index is 1180. The lowest BCUT2D eigenvalue weighted by Gasteiger charge is -2.18. The van der Waals surface area contributed by atoms with Crippen LogP contribution >= 0.6 is 0 Å². The molecular weight excluding hydrogens is 805 g/mol. The van der Waals surface area contributed by atoms with E-state index in [2.05, 4.69) is 81.5 Å². The third kappa shape index (κ3) is 51.9. The van der Waals surface area contributed by atoms with Gasteiger partial charge in [-0.25, -0.2) is 0 Å². The average molecular weight is 909 g/mol. The van der Waals surface area contributed by atoms with E-state index in [4.69, 9.17) is 14.2 Å². The van der Waals surface area contributed by atoms with E-state index in [1.54, 1.807) is 0 Å². The van der Waals surface area contributed by atoms with Crippen LogP contribution in [0.15, 0.2) is 60.8 Å². The highest BCUT2D eigenvalue weighted by molar-refractivity contribution is 5.71. The standard InChI is InChI=1S/C59H104O6/c1-4-7-10-13-16-19-22-25-28-29-30-31-32-35-37-40-43-46-49-52-58(61)64-55-56(65-59(62)53-50-47-44-41-38-34-27-24-21-18-15-12-9-6-3)54-63-57(60)51-48-45-42-39-36-33-26-23-20-17-14-11-8-5-2/h7,10,16,19,25,28,33-34,36,38,56H,4-6,8-9,11-15,17-18,20-24,26-27,29-32,35,37,39-55H2,1-3H3/b10-7-,19-16-,28-25-,36-33-,38-34-. The highest BCUT2D eigenvalue weighted by Crippen LogP contribution is 2.15. The van der Waals surface area contributed by atoms with Crippen LogP contribution in [0.2, 0.25) is 0 Å². The van der Waals surface area contributed by atoms with E-state index in [1.165, 1.54) is 135 Å². The minimum Gasteiger partial charge on any atom is -0.462 e. The number of esters is 3. The SMILES string of the molecule is CC/C=C\C/C=C\C/C=C\CCCCCCCCCCCC(=O)OCC(COC(=O)CCCCC/C=C\CCCCCCCCC)OC(=O)CCCCC/C=C\CCCCCCCCC. The predicted molar refractivity (Wildman–Crippen MR) is 279 cm³/mol. The van der Waals surface area contributed by atoms with Gasteiger partial charge in [0.15, 0.2) is 6.10 Å². The Morgan fingerprint density at radius 1 is 0.323 bits per heavy atom. The zero-order valence-corrected chi connectivity index (χ0v) is 43.0. The Morgan fingerprint density at radius 3 is 0.969 bits per heavy atom. The molecule has 0 fully saturated rings. The normalized spacial score (nSPS) is 12.5. The fourth-order valence-electron chi connectivity index (χ4n) is 7.80. The molecule has 0 aromatic carbocycles. The quantitative estimate of drug-likeness (QED) is 0.0262. The molecule has 0 aliphatic rings. The second-order valence-electron chi connectivity index (χ2n) is 18.5. The average Bonchev–Trinajstić information content (AvgIpc) is 3.30. The van der Waals surface area contributed by atoms with Crippen molar-refractivity contribution in [1.82, 2.24) is 0 Å². The number of unbranched alkanes of at least 4 members (excludes halogenated alkanes) is 29. The number of rotatable bonds is 50. The van der Waals surface area contributed by atoms with Gasteiger partial charge >= 0.3 is 17.9 Å². The molecule has 6 heteroatoms. The number of carbonyl (C=O) groups is 3. The van der Waals surface area contributed by atoms with Crippen molar-refractivity contribution in [1.29, 1.82) is 0 Å². The molecule has 0 bridgehead atoms. The second kappa shape index (κ2) is 53.7. The molecule has 0 aliphatic carbocycles. The van der Waals surface area contributed by atoms with Crippen LogP contribution in [0.25, 0.3) is 0 Å². The molecule has 0 N–H and O–H groups in total. The Kier molecular flexibility index (Phi) is 51.3. The summed E-state index contributed by atoms with van der Waals surface area (Å²) in [7, 11) is 0. The molecule has 376 valence electrons. The zero-order valence-electron chi connectivity index (χ0n) is 43.0. The van der Waals surface area contributed by atoms with Crippen LogP contribution < -0.4 is 0 Å². The van der Waals surface area contributed by atoms with Crippen molar-refractivity contribution in [3.05, 3.63) is 60.8 Å². The monoisotopic (exact) mass is 909 g/mol. The first-order valence-corrected chi connectivity index (χ1v) is 27.8. The third-order valence-corrected chi connectivity index (χ3v) is 12.0. The maximum absolute atomic E-state index is 12.8. The lowest BCUT2D eigenvalue weighted by Crippen LogP contribution is -2.30. The van der Waals surface area contributed by atoms with E-state index < -0.39 is 6.10 Å². The highest BCUT2D eigenvalue weighted by Gasteiger charge is 2.19. The summed E-state index contributed by atoms with van der Waals surface area (Å²) in [6.07, 6.45) is 66.4. The Labute approximate surface area is 402 Å². The molecule has 0 aromatic rings. The van der Waals surface area contributed by atoms with Gasteiger partial charge in [0, 0.05) is 19.3 Å². The number of carbonyl (C=O) groups excluding carboxylic acids is 3. The summed E-state index contributed by atoms with van der Waals surface area (Å²) in [5.41, 5.74) is 0. The van der Waals surface area contributed by atoms with Gasteiger partial charge in [0.05, 0.1) is 0 Å². The lowest BCUT2D eigenvalue weighted by atomic mass is 10.1. The summed E-state index contributed by atoms with van der Waals surface area (Å²) in [6, 6.07) is 0. The van der Waals surface area contributed by atoms with Gasteiger partial charge in [-0.1, -0.05) is 216 Å². The molecule has 0 saturated heterocycles. The molecule has 0 saturated carbocycles. The van der Waals surface area contributed by atoms with Crippen molar-refractivity contribution < 1.29 is 28.6 Å². The minimum absolute atomic E-state index is 0.0869. The first kappa shape index (κ1) is 62.1. The topological polar surface area (TPSA) is 78.9 Å². The molecule has 6 nitrogen and oxygen atoms in total. The maximum Gasteiger partial charge on any atom is 0.306 e. The highest BCUT2D eigenvalue weighted by atomic mass is 16.6. The number of hydrogen-bond donors (Lipinski definition) is 0. The van der Waals surface area contributed by atoms with Crippen molar-refractivity contribution in [2.24, 2.45) is 0 Å². The van der Waals surface area contributed by atoms with Crippen molar-refractivity contribution in [2.45, 2.75) is 284 Å². The van der Waals surface area contributed by atoms with Gasteiger partial charge < -0.3 is 14.2 Å². The molecule has 65 heavy (non-hydrogen) atoms. The Hall–Kier alpha value is -2.89.